The van der Waals surface area contributed by atoms with E-state index in [4.69, 9.17) is 11.6 Å². The molecular formula is C8H5ClF2N2O3. The first kappa shape index (κ1) is 12.3. The monoisotopic (exact) mass is 250 g/mol. The van der Waals surface area contributed by atoms with Gasteiger partial charge in [0.2, 0.25) is 11.7 Å². The van der Waals surface area contributed by atoms with E-state index >= 15 is 0 Å². The van der Waals surface area contributed by atoms with Crippen molar-refractivity contribution in [1.82, 2.24) is 0 Å². The van der Waals surface area contributed by atoms with Gasteiger partial charge in [-0.25, -0.2) is 4.39 Å². The van der Waals surface area contributed by atoms with E-state index in [2.05, 4.69) is 0 Å². The molecule has 1 aromatic rings. The first-order valence-electron chi connectivity index (χ1n) is 3.95. The van der Waals surface area contributed by atoms with Crippen molar-refractivity contribution in [2.24, 2.45) is 0 Å². The van der Waals surface area contributed by atoms with E-state index in [0.717, 1.165) is 0 Å². The number of nitrogens with zero attached hydrogens (tertiary/aromatic N) is 1. The third-order valence-corrected chi connectivity index (χ3v) is 1.87. The molecule has 1 aromatic carbocycles. The van der Waals surface area contributed by atoms with Crippen LogP contribution in [0.1, 0.15) is 0 Å². The molecule has 0 aliphatic rings. The molecular weight excluding hydrogens is 246 g/mol. The fourth-order valence-corrected chi connectivity index (χ4v) is 1.02. The smallest absolute Gasteiger partial charge is 0.307 e. The maximum atomic E-state index is 13.1. The number of amides is 1. The van der Waals surface area contributed by atoms with Gasteiger partial charge in [-0.05, 0) is 0 Å². The van der Waals surface area contributed by atoms with Gasteiger partial charge in [0, 0.05) is 12.1 Å². The molecule has 0 saturated heterocycles. The first-order valence-corrected chi connectivity index (χ1v) is 4.48. The third kappa shape index (κ3) is 2.63. The Morgan fingerprint density at radius 2 is 2.06 bits per heavy atom. The van der Waals surface area contributed by atoms with Crippen molar-refractivity contribution in [2.75, 3.05) is 11.2 Å². The fraction of sp³-hybridized carbons (Fsp3) is 0.125. The van der Waals surface area contributed by atoms with Crippen molar-refractivity contribution in [2.45, 2.75) is 0 Å². The molecule has 5 nitrogen and oxygen atoms in total. The fourth-order valence-electron chi connectivity index (χ4n) is 0.957. The van der Waals surface area contributed by atoms with Crippen molar-refractivity contribution >= 4 is 28.9 Å². The Kier molecular flexibility index (Phi) is 3.73. The van der Waals surface area contributed by atoms with Crippen molar-refractivity contribution in [3.8, 4) is 0 Å². The lowest BCUT2D eigenvalue weighted by atomic mass is 10.2. The lowest BCUT2D eigenvalue weighted by molar-refractivity contribution is -0.387. The summed E-state index contributed by atoms with van der Waals surface area (Å²) in [5.74, 6) is -3.61. The molecule has 0 heterocycles. The molecule has 0 bridgehead atoms. The summed E-state index contributed by atoms with van der Waals surface area (Å²) in [7, 11) is 0. The van der Waals surface area contributed by atoms with Gasteiger partial charge < -0.3 is 5.32 Å². The topological polar surface area (TPSA) is 72.2 Å². The molecule has 0 spiro atoms. The van der Waals surface area contributed by atoms with Crippen LogP contribution in [0.4, 0.5) is 20.2 Å². The number of alkyl halides is 1. The highest BCUT2D eigenvalue weighted by Gasteiger charge is 2.19. The predicted octanol–water partition coefficient (Wildman–Crippen LogP) is 2.05. The van der Waals surface area contributed by atoms with Gasteiger partial charge in [0.05, 0.1) is 10.6 Å². The zero-order chi connectivity index (χ0) is 12.3. The average Bonchev–Trinajstić information content (AvgIpc) is 2.21. The molecule has 0 unspecified atom stereocenters. The Hall–Kier alpha value is -1.76. The largest absolute Gasteiger partial charge is 0.322 e. The number of anilines is 1. The van der Waals surface area contributed by atoms with Crippen LogP contribution in [0, 0.1) is 21.7 Å². The molecule has 1 amide bonds. The summed E-state index contributed by atoms with van der Waals surface area (Å²) in [6.45, 7) is 0. The Balaban J connectivity index is 3.14. The number of carbonyl (C=O) groups excluding carboxylic acids is 1. The molecule has 0 fully saturated rings. The van der Waals surface area contributed by atoms with Crippen LogP contribution in [0.5, 0.6) is 0 Å². The number of nitro benzene ring substituents is 1. The molecule has 0 saturated carbocycles. The third-order valence-electron chi connectivity index (χ3n) is 1.63. The van der Waals surface area contributed by atoms with Crippen LogP contribution >= 0.6 is 11.6 Å². The number of hydrogen-bond donors (Lipinski definition) is 1. The minimum Gasteiger partial charge on any atom is -0.322 e. The Labute approximate surface area is 93.2 Å². The van der Waals surface area contributed by atoms with Gasteiger partial charge in [-0.1, -0.05) is 0 Å². The second-order valence-electron chi connectivity index (χ2n) is 2.72. The molecule has 1 N–H and O–H groups in total. The van der Waals surface area contributed by atoms with E-state index in [-0.39, 0.29) is 0 Å². The Morgan fingerprint density at radius 1 is 1.44 bits per heavy atom. The highest BCUT2D eigenvalue weighted by atomic mass is 35.5. The van der Waals surface area contributed by atoms with E-state index in [1.807, 2.05) is 5.32 Å². The van der Waals surface area contributed by atoms with Crippen molar-refractivity contribution in [3.05, 3.63) is 33.9 Å². The van der Waals surface area contributed by atoms with E-state index in [1.165, 1.54) is 0 Å². The zero-order valence-electron chi connectivity index (χ0n) is 7.67. The van der Waals surface area contributed by atoms with Crippen LogP contribution in [0.3, 0.4) is 0 Å². The van der Waals surface area contributed by atoms with E-state index in [9.17, 15) is 23.7 Å². The SMILES string of the molecule is O=C(CCl)Nc1cc([N+](=O)[O-])c(F)cc1F. The van der Waals surface area contributed by atoms with E-state index in [0.29, 0.717) is 12.1 Å². The number of nitrogens with one attached hydrogen (secondary N) is 1. The van der Waals surface area contributed by atoms with Crippen molar-refractivity contribution in [1.29, 1.82) is 0 Å². The van der Waals surface area contributed by atoms with Gasteiger partial charge in [-0.2, -0.15) is 4.39 Å². The first-order chi connectivity index (χ1) is 7.45. The molecule has 0 aliphatic carbocycles. The summed E-state index contributed by atoms with van der Waals surface area (Å²) in [5.41, 5.74) is -1.41. The summed E-state index contributed by atoms with van der Waals surface area (Å²) < 4.78 is 26.0. The lowest BCUT2D eigenvalue weighted by Gasteiger charge is -2.04. The second kappa shape index (κ2) is 4.84. The van der Waals surface area contributed by atoms with Crippen LogP contribution in [0.25, 0.3) is 0 Å². The van der Waals surface area contributed by atoms with Crippen LogP contribution in [0.15, 0.2) is 12.1 Å². The van der Waals surface area contributed by atoms with E-state index in [1.54, 1.807) is 0 Å². The minimum absolute atomic E-state index is 0.321. The van der Waals surface area contributed by atoms with Crippen LogP contribution in [-0.4, -0.2) is 16.7 Å². The van der Waals surface area contributed by atoms with Gasteiger partial charge in [-0.15, -0.1) is 11.6 Å². The number of carbonyl (C=O) groups is 1. The number of halogens is 3. The molecule has 0 aliphatic heterocycles. The highest BCUT2D eigenvalue weighted by Crippen LogP contribution is 2.24. The Morgan fingerprint density at radius 3 is 2.56 bits per heavy atom. The maximum absolute atomic E-state index is 13.1. The van der Waals surface area contributed by atoms with Crippen molar-refractivity contribution in [3.63, 3.8) is 0 Å². The highest BCUT2D eigenvalue weighted by molar-refractivity contribution is 6.29. The summed E-state index contributed by atoms with van der Waals surface area (Å²) in [6.07, 6.45) is 0. The van der Waals surface area contributed by atoms with Gasteiger partial charge in [0.25, 0.3) is 0 Å². The van der Waals surface area contributed by atoms with Gasteiger partial charge in [0.15, 0.2) is 0 Å². The minimum atomic E-state index is -1.31. The number of nitro groups is 1. The molecule has 1 rings (SSSR count). The number of rotatable bonds is 3. The molecule has 0 aromatic heterocycles. The quantitative estimate of drug-likeness (QED) is 0.507. The number of hydrogen-bond acceptors (Lipinski definition) is 3. The van der Waals surface area contributed by atoms with Crippen LogP contribution in [-0.2, 0) is 4.79 Å². The summed E-state index contributed by atoms with van der Waals surface area (Å²) >= 11 is 5.15. The zero-order valence-corrected chi connectivity index (χ0v) is 8.42. The second-order valence-corrected chi connectivity index (χ2v) is 2.99. The molecule has 0 atom stereocenters. The van der Waals surface area contributed by atoms with E-state index < -0.39 is 39.7 Å². The van der Waals surface area contributed by atoms with Crippen LogP contribution in [0.2, 0.25) is 0 Å². The molecule has 8 heteroatoms. The number of benzene rings is 1. The normalized spacial score (nSPS) is 9.94. The van der Waals surface area contributed by atoms with Gasteiger partial charge >= 0.3 is 5.69 Å². The van der Waals surface area contributed by atoms with Gasteiger partial charge in [-0.3, -0.25) is 14.9 Å². The average molecular weight is 251 g/mol. The predicted molar refractivity (Wildman–Crippen MR) is 52.4 cm³/mol. The maximum Gasteiger partial charge on any atom is 0.307 e. The Bertz CT molecular complexity index is 453. The molecule has 0 radical (unpaired) electrons. The van der Waals surface area contributed by atoms with Crippen molar-refractivity contribution < 1.29 is 18.5 Å². The standard InChI is InChI=1S/C8H5ClF2N2O3/c9-3-8(14)12-6-2-7(13(15)16)5(11)1-4(6)10/h1-2H,3H2,(H,12,14). The van der Waals surface area contributed by atoms with Crippen LogP contribution < -0.4 is 5.32 Å². The summed E-state index contributed by atoms with van der Waals surface area (Å²) in [6, 6.07) is 0.914. The lowest BCUT2D eigenvalue weighted by Crippen LogP contribution is -2.14. The molecule has 86 valence electrons. The summed E-state index contributed by atoms with van der Waals surface area (Å²) in [4.78, 5) is 20.1. The molecule has 16 heavy (non-hydrogen) atoms. The summed E-state index contributed by atoms with van der Waals surface area (Å²) in [5, 5.41) is 12.3. The van der Waals surface area contributed by atoms with Gasteiger partial charge in [0.1, 0.15) is 11.7 Å².